The van der Waals surface area contributed by atoms with Gasteiger partial charge in [0.1, 0.15) is 5.82 Å². The first kappa shape index (κ1) is 18.6. The summed E-state index contributed by atoms with van der Waals surface area (Å²) in [5.41, 5.74) is 0.484. The molecule has 0 aliphatic heterocycles. The van der Waals surface area contributed by atoms with Crippen molar-refractivity contribution in [2.45, 2.75) is 33.1 Å². The van der Waals surface area contributed by atoms with Crippen LogP contribution in [0.25, 0.3) is 10.9 Å². The summed E-state index contributed by atoms with van der Waals surface area (Å²) in [6.45, 7) is 4.80. The molecule has 0 unspecified atom stereocenters. The Morgan fingerprint density at radius 3 is 2.72 bits per heavy atom. The molecule has 0 aliphatic rings. The van der Waals surface area contributed by atoms with Crippen molar-refractivity contribution in [3.63, 3.8) is 0 Å². The number of H-pyrrole nitrogens is 1. The van der Waals surface area contributed by atoms with Crippen LogP contribution in [0, 0.1) is 0 Å². The molecule has 1 aromatic carbocycles. The molecule has 0 spiro atoms. The Balaban J connectivity index is 1.92. The number of carbonyl (C=O) groups excluding carboxylic acids is 2. The summed E-state index contributed by atoms with van der Waals surface area (Å²) in [6.07, 6.45) is 1.38. The lowest BCUT2D eigenvalue weighted by atomic mass is 10.2. The van der Waals surface area contributed by atoms with E-state index in [0.29, 0.717) is 49.1 Å². The second-order valence-corrected chi connectivity index (χ2v) is 5.74. The van der Waals surface area contributed by atoms with Crippen molar-refractivity contribution in [2.75, 3.05) is 19.6 Å². The standard InChI is InChI=1S/C18H24N4O3/c1-3-19-16(23)12-22(4-2)17(24)11-7-10-15-20-14-9-6-5-8-13(14)18(25)21-15/h5-6,8-9H,3-4,7,10-12H2,1-2H3,(H,19,23)(H,20,21,25). The van der Waals surface area contributed by atoms with Gasteiger partial charge in [0.15, 0.2) is 0 Å². The van der Waals surface area contributed by atoms with Crippen LogP contribution in [0.15, 0.2) is 29.1 Å². The Morgan fingerprint density at radius 1 is 1.24 bits per heavy atom. The molecule has 134 valence electrons. The van der Waals surface area contributed by atoms with Crippen LogP contribution in [-0.4, -0.2) is 46.3 Å². The number of benzene rings is 1. The molecule has 0 saturated carbocycles. The number of aromatic nitrogens is 2. The maximum absolute atomic E-state index is 12.2. The molecule has 2 N–H and O–H groups in total. The van der Waals surface area contributed by atoms with E-state index in [1.807, 2.05) is 19.9 Å². The third kappa shape index (κ3) is 5.14. The number of aryl methyl sites for hydroxylation is 1. The highest BCUT2D eigenvalue weighted by atomic mass is 16.2. The largest absolute Gasteiger partial charge is 0.355 e. The Bertz CT molecular complexity index is 800. The number of likely N-dealkylation sites (N-methyl/N-ethyl adjacent to an activating group) is 2. The number of nitrogens with zero attached hydrogens (tertiary/aromatic N) is 2. The van der Waals surface area contributed by atoms with E-state index in [1.54, 1.807) is 18.2 Å². The van der Waals surface area contributed by atoms with Crippen molar-refractivity contribution in [3.8, 4) is 0 Å². The van der Waals surface area contributed by atoms with Gasteiger partial charge in [0.2, 0.25) is 11.8 Å². The van der Waals surface area contributed by atoms with Crippen LogP contribution in [0.2, 0.25) is 0 Å². The van der Waals surface area contributed by atoms with E-state index in [4.69, 9.17) is 0 Å². The molecule has 7 heteroatoms. The maximum Gasteiger partial charge on any atom is 0.258 e. The lowest BCUT2D eigenvalue weighted by molar-refractivity contribution is -0.135. The van der Waals surface area contributed by atoms with Gasteiger partial charge in [-0.2, -0.15) is 0 Å². The smallest absolute Gasteiger partial charge is 0.258 e. The topological polar surface area (TPSA) is 95.2 Å². The monoisotopic (exact) mass is 344 g/mol. The number of aromatic amines is 1. The molecular formula is C18H24N4O3. The number of hydrogen-bond acceptors (Lipinski definition) is 4. The SMILES string of the molecule is CCNC(=O)CN(CC)C(=O)CCCc1nc2ccccc2c(=O)[nH]1. The highest BCUT2D eigenvalue weighted by Crippen LogP contribution is 2.08. The van der Waals surface area contributed by atoms with Crippen molar-refractivity contribution in [2.24, 2.45) is 0 Å². The average Bonchev–Trinajstić information content (AvgIpc) is 2.60. The van der Waals surface area contributed by atoms with Crippen LogP contribution in [-0.2, 0) is 16.0 Å². The van der Waals surface area contributed by atoms with Crippen molar-refractivity contribution < 1.29 is 9.59 Å². The Hall–Kier alpha value is -2.70. The second kappa shape index (κ2) is 8.96. The van der Waals surface area contributed by atoms with Gasteiger partial charge in [-0.25, -0.2) is 4.98 Å². The highest BCUT2D eigenvalue weighted by Gasteiger charge is 2.15. The third-order valence-corrected chi connectivity index (χ3v) is 3.91. The number of amides is 2. The van der Waals surface area contributed by atoms with E-state index in [-0.39, 0.29) is 23.9 Å². The van der Waals surface area contributed by atoms with E-state index < -0.39 is 0 Å². The second-order valence-electron chi connectivity index (χ2n) is 5.74. The first-order chi connectivity index (χ1) is 12.0. The van der Waals surface area contributed by atoms with Gasteiger partial charge in [0.25, 0.3) is 5.56 Å². The van der Waals surface area contributed by atoms with E-state index in [2.05, 4.69) is 15.3 Å². The summed E-state index contributed by atoms with van der Waals surface area (Å²) in [7, 11) is 0. The zero-order valence-electron chi connectivity index (χ0n) is 14.7. The van der Waals surface area contributed by atoms with Crippen LogP contribution in [0.5, 0.6) is 0 Å². The summed E-state index contributed by atoms with van der Waals surface area (Å²) in [5, 5.41) is 3.24. The summed E-state index contributed by atoms with van der Waals surface area (Å²) in [4.78, 5) is 44.6. The molecule has 25 heavy (non-hydrogen) atoms. The fraction of sp³-hybridized carbons (Fsp3) is 0.444. The Kier molecular flexibility index (Phi) is 6.68. The molecule has 0 saturated heterocycles. The van der Waals surface area contributed by atoms with Gasteiger partial charge in [0, 0.05) is 25.9 Å². The molecule has 0 bridgehead atoms. The Labute approximate surface area is 146 Å². The molecule has 0 fully saturated rings. The normalized spacial score (nSPS) is 10.6. The van der Waals surface area contributed by atoms with Crippen LogP contribution in [0.3, 0.4) is 0 Å². The number of para-hydroxylation sites is 1. The van der Waals surface area contributed by atoms with Crippen molar-refractivity contribution in [3.05, 3.63) is 40.4 Å². The number of fused-ring (bicyclic) bond motifs is 1. The minimum Gasteiger partial charge on any atom is -0.355 e. The van der Waals surface area contributed by atoms with Gasteiger partial charge < -0.3 is 15.2 Å². The van der Waals surface area contributed by atoms with Gasteiger partial charge in [-0.1, -0.05) is 12.1 Å². The molecule has 0 atom stereocenters. The van der Waals surface area contributed by atoms with Gasteiger partial charge in [-0.3, -0.25) is 14.4 Å². The van der Waals surface area contributed by atoms with Crippen LogP contribution < -0.4 is 10.9 Å². The molecule has 0 aliphatic carbocycles. The van der Waals surface area contributed by atoms with E-state index >= 15 is 0 Å². The van der Waals surface area contributed by atoms with Crippen molar-refractivity contribution >= 4 is 22.7 Å². The Morgan fingerprint density at radius 2 is 2.00 bits per heavy atom. The molecule has 0 radical (unpaired) electrons. The number of hydrogen-bond donors (Lipinski definition) is 2. The summed E-state index contributed by atoms with van der Waals surface area (Å²) < 4.78 is 0. The molecule has 2 amide bonds. The van der Waals surface area contributed by atoms with E-state index in [9.17, 15) is 14.4 Å². The van der Waals surface area contributed by atoms with Gasteiger partial charge >= 0.3 is 0 Å². The molecule has 1 aromatic heterocycles. The van der Waals surface area contributed by atoms with Crippen LogP contribution in [0.1, 0.15) is 32.5 Å². The number of nitrogens with one attached hydrogen (secondary N) is 2. The minimum absolute atomic E-state index is 0.0723. The van der Waals surface area contributed by atoms with E-state index in [1.165, 1.54) is 4.90 Å². The van der Waals surface area contributed by atoms with Crippen molar-refractivity contribution in [1.82, 2.24) is 20.2 Å². The first-order valence-corrected chi connectivity index (χ1v) is 8.57. The minimum atomic E-state index is -0.168. The maximum atomic E-state index is 12.2. The molecular weight excluding hydrogens is 320 g/mol. The average molecular weight is 344 g/mol. The number of rotatable bonds is 8. The zero-order valence-corrected chi connectivity index (χ0v) is 14.7. The van der Waals surface area contributed by atoms with Crippen molar-refractivity contribution in [1.29, 1.82) is 0 Å². The molecule has 1 heterocycles. The predicted octanol–water partition coefficient (Wildman–Crippen LogP) is 1.23. The predicted molar refractivity (Wildman–Crippen MR) is 96.2 cm³/mol. The molecule has 2 aromatic rings. The fourth-order valence-corrected chi connectivity index (χ4v) is 2.62. The molecule has 7 nitrogen and oxygen atoms in total. The van der Waals surface area contributed by atoms with Crippen LogP contribution in [0.4, 0.5) is 0 Å². The van der Waals surface area contributed by atoms with Gasteiger partial charge in [0.05, 0.1) is 17.4 Å². The highest BCUT2D eigenvalue weighted by molar-refractivity contribution is 5.84. The lowest BCUT2D eigenvalue weighted by Crippen LogP contribution is -2.40. The summed E-state index contributed by atoms with van der Waals surface area (Å²) in [5.74, 6) is 0.346. The first-order valence-electron chi connectivity index (χ1n) is 8.57. The summed E-state index contributed by atoms with van der Waals surface area (Å²) in [6, 6.07) is 7.16. The number of carbonyl (C=O) groups is 2. The third-order valence-electron chi connectivity index (χ3n) is 3.91. The van der Waals surface area contributed by atoms with Gasteiger partial charge in [-0.05, 0) is 32.4 Å². The lowest BCUT2D eigenvalue weighted by Gasteiger charge is -2.20. The zero-order chi connectivity index (χ0) is 18.2. The molecule has 2 rings (SSSR count). The van der Waals surface area contributed by atoms with Crippen LogP contribution >= 0.6 is 0 Å². The fourth-order valence-electron chi connectivity index (χ4n) is 2.62. The summed E-state index contributed by atoms with van der Waals surface area (Å²) >= 11 is 0. The van der Waals surface area contributed by atoms with E-state index in [0.717, 1.165) is 0 Å². The van der Waals surface area contributed by atoms with Gasteiger partial charge in [-0.15, -0.1) is 0 Å². The quantitative estimate of drug-likeness (QED) is 0.753.